The fourth-order valence-corrected chi connectivity index (χ4v) is 4.17. The number of fused-ring (bicyclic) bond motifs is 1. The molecule has 0 aliphatic carbocycles. The lowest BCUT2D eigenvalue weighted by atomic mass is 9.80. The van der Waals surface area contributed by atoms with Gasteiger partial charge in [-0.05, 0) is 43.8 Å². The van der Waals surface area contributed by atoms with Gasteiger partial charge in [-0.25, -0.2) is 23.7 Å². The summed E-state index contributed by atoms with van der Waals surface area (Å²) in [5.74, 6) is -0.849. The Morgan fingerprint density at radius 1 is 1.41 bits per heavy atom. The highest BCUT2D eigenvalue weighted by Crippen LogP contribution is 2.23. The van der Waals surface area contributed by atoms with E-state index in [1.807, 2.05) is 0 Å². The molecule has 32 heavy (non-hydrogen) atoms. The van der Waals surface area contributed by atoms with Crippen LogP contribution in [0, 0.1) is 0 Å². The molecule has 1 amide bonds. The van der Waals surface area contributed by atoms with E-state index in [2.05, 4.69) is 10.5 Å². The van der Waals surface area contributed by atoms with E-state index in [4.69, 9.17) is 9.57 Å². The number of rotatable bonds is 8. The van der Waals surface area contributed by atoms with Gasteiger partial charge < -0.3 is 14.8 Å². The number of amides is 1. The Morgan fingerprint density at radius 3 is 2.78 bits per heavy atom. The van der Waals surface area contributed by atoms with Crippen molar-refractivity contribution in [2.75, 3.05) is 12.9 Å². The molecule has 1 aromatic heterocycles. The Bertz CT molecular complexity index is 1150. The van der Waals surface area contributed by atoms with Crippen molar-refractivity contribution in [3.63, 3.8) is 0 Å². The van der Waals surface area contributed by atoms with E-state index in [-0.39, 0.29) is 29.3 Å². The van der Waals surface area contributed by atoms with Crippen LogP contribution in [0.15, 0.2) is 29.3 Å². The summed E-state index contributed by atoms with van der Waals surface area (Å²) in [6.45, 7) is 1.68. The van der Waals surface area contributed by atoms with E-state index >= 15 is 0 Å². The zero-order valence-electron chi connectivity index (χ0n) is 17.9. The summed E-state index contributed by atoms with van der Waals surface area (Å²) in [5.41, 5.74) is 2.21. The Hall–Kier alpha value is -2.32. The van der Waals surface area contributed by atoms with Gasteiger partial charge in [0.1, 0.15) is 0 Å². The van der Waals surface area contributed by atoms with Crippen molar-refractivity contribution in [2.24, 2.45) is 0 Å². The lowest BCUT2D eigenvalue weighted by molar-refractivity contribution is -0.201. The lowest BCUT2D eigenvalue weighted by Gasteiger charge is -2.28. The molecule has 1 saturated heterocycles. The van der Waals surface area contributed by atoms with Gasteiger partial charge in [-0.1, -0.05) is 6.07 Å². The third-order valence-corrected chi connectivity index (χ3v) is 7.72. The van der Waals surface area contributed by atoms with Crippen LogP contribution in [-0.2, 0) is 30.8 Å². The van der Waals surface area contributed by atoms with Crippen LogP contribution in [0.25, 0.3) is 10.9 Å². The van der Waals surface area contributed by atoms with E-state index in [0.29, 0.717) is 13.0 Å². The molecule has 1 aromatic carbocycles. The summed E-state index contributed by atoms with van der Waals surface area (Å²) in [7, 11) is -5.58. The smallest absolute Gasteiger partial charge is 0.423 e. The number of benzene rings is 1. The molecular weight excluding hydrogens is 441 g/mol. The monoisotopic (exact) mass is 467 g/mol. The molecule has 2 aromatic rings. The van der Waals surface area contributed by atoms with Gasteiger partial charge >= 0.3 is 7.12 Å². The number of nitrogens with zero attached hydrogens (tertiary/aromatic N) is 2. The highest BCUT2D eigenvalue weighted by molar-refractivity contribution is 7.92. The normalized spacial score (nSPS) is 18.8. The maximum atomic E-state index is 12.8. The molecule has 3 N–H and O–H groups in total. The van der Waals surface area contributed by atoms with Gasteiger partial charge in [0.2, 0.25) is 0 Å². The topological polar surface area (TPSA) is 157 Å². The maximum absolute atomic E-state index is 12.8. The molecule has 1 aliphatic heterocycles. The number of carbonyl (C=O) groups excluding carboxylic acids is 1. The number of sulfone groups is 1. The minimum absolute atomic E-state index is 0.0942. The third-order valence-electron chi connectivity index (χ3n) is 5.70. The summed E-state index contributed by atoms with van der Waals surface area (Å²) < 4.78 is 29.6. The molecule has 0 saturated carbocycles. The van der Waals surface area contributed by atoms with Gasteiger partial charge in [0.15, 0.2) is 20.9 Å². The molecule has 3 rings (SSSR count). The third kappa shape index (κ3) is 5.18. The molecule has 0 bridgehead atoms. The van der Waals surface area contributed by atoms with Gasteiger partial charge in [-0.15, -0.1) is 0 Å². The SMILES string of the molecule is C[C@@](CCn1cnc2cc(B(O)O)ccc2c1=O)(C(=O)NOC1CCCCO1)S(C)(=O)=O. The van der Waals surface area contributed by atoms with Gasteiger partial charge in [0, 0.05) is 25.8 Å². The fourth-order valence-electron chi connectivity index (χ4n) is 3.33. The highest BCUT2D eigenvalue weighted by Gasteiger charge is 2.44. The Kier molecular flexibility index (Phi) is 7.35. The minimum Gasteiger partial charge on any atom is -0.423 e. The van der Waals surface area contributed by atoms with E-state index in [1.165, 1.54) is 36.0 Å². The van der Waals surface area contributed by atoms with E-state index < -0.39 is 39.5 Å². The van der Waals surface area contributed by atoms with Gasteiger partial charge in [0.05, 0.1) is 17.2 Å². The first kappa shape index (κ1) is 24.3. The molecule has 2 atom stereocenters. The van der Waals surface area contributed by atoms with E-state index in [1.54, 1.807) is 0 Å². The molecule has 1 unspecified atom stereocenters. The molecule has 1 aliphatic rings. The van der Waals surface area contributed by atoms with Crippen molar-refractivity contribution in [3.8, 4) is 0 Å². The summed E-state index contributed by atoms with van der Waals surface area (Å²) in [5, 5.41) is 18.8. The summed E-state index contributed by atoms with van der Waals surface area (Å²) >= 11 is 0. The van der Waals surface area contributed by atoms with Crippen LogP contribution < -0.4 is 16.5 Å². The second-order valence-corrected chi connectivity index (χ2v) is 10.4. The van der Waals surface area contributed by atoms with Crippen LogP contribution in [0.3, 0.4) is 0 Å². The molecule has 0 spiro atoms. The minimum atomic E-state index is -3.88. The fraction of sp³-hybridized carbons (Fsp3) is 0.526. The zero-order valence-corrected chi connectivity index (χ0v) is 18.7. The first-order valence-corrected chi connectivity index (χ1v) is 12.0. The number of hydrogen-bond donors (Lipinski definition) is 3. The van der Waals surface area contributed by atoms with Crippen molar-refractivity contribution in [2.45, 2.75) is 50.2 Å². The van der Waals surface area contributed by atoms with Gasteiger partial charge in [-0.2, -0.15) is 0 Å². The molecule has 0 radical (unpaired) electrons. The molecule has 2 heterocycles. The van der Waals surface area contributed by atoms with Crippen molar-refractivity contribution in [1.82, 2.24) is 15.0 Å². The van der Waals surface area contributed by atoms with Crippen LogP contribution in [0.2, 0.25) is 0 Å². The predicted molar refractivity (Wildman–Crippen MR) is 117 cm³/mol. The standard InChI is InChI=1S/C19H26BN3O8S/c1-19(32(2,28)29,18(25)22-31-16-5-3-4-10-30-16)8-9-23-12-21-15-11-13(20(26)27)6-7-14(15)17(23)24/h6-7,11-12,16,26-27H,3-5,8-10H2,1-2H3,(H,22,25)/t16?,19-/m1/s1. The Morgan fingerprint density at radius 2 is 2.16 bits per heavy atom. The number of hydroxylamine groups is 1. The van der Waals surface area contributed by atoms with Crippen molar-refractivity contribution >= 4 is 39.2 Å². The van der Waals surface area contributed by atoms with Crippen LogP contribution >= 0.6 is 0 Å². The summed E-state index contributed by atoms with van der Waals surface area (Å²) in [4.78, 5) is 34.9. The zero-order chi connectivity index (χ0) is 23.5. The summed E-state index contributed by atoms with van der Waals surface area (Å²) in [6, 6.07) is 4.18. The largest absolute Gasteiger partial charge is 0.488 e. The number of aromatic nitrogens is 2. The number of hydrogen-bond acceptors (Lipinski definition) is 9. The highest BCUT2D eigenvalue weighted by atomic mass is 32.2. The molecule has 1 fully saturated rings. The average molecular weight is 467 g/mol. The van der Waals surface area contributed by atoms with Crippen LogP contribution in [-0.4, -0.2) is 64.9 Å². The lowest BCUT2D eigenvalue weighted by Crippen LogP contribution is -2.51. The average Bonchev–Trinajstić information content (AvgIpc) is 2.76. The Balaban J connectivity index is 1.78. The van der Waals surface area contributed by atoms with Gasteiger partial charge in [-0.3, -0.25) is 14.2 Å². The first-order chi connectivity index (χ1) is 15.0. The Labute approximate surface area is 185 Å². The van der Waals surface area contributed by atoms with E-state index in [0.717, 1.165) is 19.1 Å². The van der Waals surface area contributed by atoms with E-state index in [9.17, 15) is 28.1 Å². The van der Waals surface area contributed by atoms with Crippen molar-refractivity contribution < 1.29 is 32.8 Å². The van der Waals surface area contributed by atoms with Crippen LogP contribution in [0.1, 0.15) is 32.6 Å². The van der Waals surface area contributed by atoms with Crippen LogP contribution in [0.4, 0.5) is 0 Å². The van der Waals surface area contributed by atoms with Crippen molar-refractivity contribution in [1.29, 1.82) is 0 Å². The van der Waals surface area contributed by atoms with Crippen molar-refractivity contribution in [3.05, 3.63) is 34.9 Å². The molecule has 11 nitrogen and oxygen atoms in total. The maximum Gasteiger partial charge on any atom is 0.488 e. The number of nitrogens with one attached hydrogen (secondary N) is 1. The second kappa shape index (κ2) is 9.67. The molecular formula is C19H26BN3O8S. The molecule has 174 valence electrons. The number of ether oxygens (including phenoxy) is 1. The number of aryl methyl sites for hydroxylation is 1. The summed E-state index contributed by atoms with van der Waals surface area (Å²) in [6.07, 6.45) is 3.70. The second-order valence-electron chi connectivity index (χ2n) is 7.99. The predicted octanol–water partition coefficient (Wildman–Crippen LogP) is -1.16. The van der Waals surface area contributed by atoms with Crippen LogP contribution in [0.5, 0.6) is 0 Å². The number of carbonyl (C=O) groups is 1. The molecule has 13 heteroatoms. The first-order valence-electron chi connectivity index (χ1n) is 10.2. The van der Waals surface area contributed by atoms with Gasteiger partial charge in [0.25, 0.3) is 11.5 Å². The quantitative estimate of drug-likeness (QED) is 0.322.